The van der Waals surface area contributed by atoms with E-state index in [1.165, 1.54) is 57.1 Å². The van der Waals surface area contributed by atoms with Gasteiger partial charge in [0.2, 0.25) is 6.79 Å². The number of likely N-dealkylation sites (N-methyl/N-ethyl adjacent to an activating group) is 1. The van der Waals surface area contributed by atoms with Crippen molar-refractivity contribution in [2.75, 3.05) is 32.2 Å². The van der Waals surface area contributed by atoms with Crippen LogP contribution in [0.1, 0.15) is 58.3 Å². The highest BCUT2D eigenvalue weighted by molar-refractivity contribution is 8.00. The summed E-state index contributed by atoms with van der Waals surface area (Å²) in [6, 6.07) is 5.43. The third kappa shape index (κ3) is 5.14. The quantitative estimate of drug-likeness (QED) is 0.658. The van der Waals surface area contributed by atoms with E-state index in [-0.39, 0.29) is 19.3 Å². The smallest absolute Gasteiger partial charge is 0.260 e. The summed E-state index contributed by atoms with van der Waals surface area (Å²) in [4.78, 5) is 14.7. The fraction of sp³-hybridized carbons (Fsp3) is 0.696. The Morgan fingerprint density at radius 2 is 1.93 bits per heavy atom. The Kier molecular flexibility index (Phi) is 6.78. The molecule has 0 bridgehead atoms. The first-order valence-corrected chi connectivity index (χ1v) is 12.1. The minimum atomic E-state index is 0.0596. The van der Waals surface area contributed by atoms with Gasteiger partial charge in [-0.2, -0.15) is 11.8 Å². The van der Waals surface area contributed by atoms with Gasteiger partial charge in [-0.1, -0.05) is 32.1 Å². The van der Waals surface area contributed by atoms with Gasteiger partial charge >= 0.3 is 0 Å². The molecule has 3 aliphatic rings. The Morgan fingerprint density at radius 3 is 2.72 bits per heavy atom. The number of nitrogens with zero attached hydrogens (tertiary/aromatic N) is 1. The average molecular weight is 420 g/mol. The summed E-state index contributed by atoms with van der Waals surface area (Å²) in [5, 5.41) is 0.559. The standard InChI is InChI=1S/C23H33NO4S/c1-2-24(14-19-13-23(16-29-19)10-6-4-3-5-7-11-23)22(25)15-26-18-8-9-20-21(12-18)28-17-27-20/h8-9,12,19H,2-7,10-11,13-17H2,1H3. The molecule has 0 N–H and O–H groups in total. The van der Waals surface area contributed by atoms with Crippen LogP contribution in [0.25, 0.3) is 0 Å². The lowest BCUT2D eigenvalue weighted by Gasteiger charge is -2.31. The van der Waals surface area contributed by atoms with Crippen molar-refractivity contribution in [3.8, 4) is 17.2 Å². The summed E-state index contributed by atoms with van der Waals surface area (Å²) in [5.74, 6) is 3.37. The van der Waals surface area contributed by atoms with Crippen LogP contribution in [0.15, 0.2) is 18.2 Å². The molecule has 0 radical (unpaired) electrons. The topological polar surface area (TPSA) is 48.0 Å². The molecule has 4 rings (SSSR count). The van der Waals surface area contributed by atoms with E-state index in [1.807, 2.05) is 17.0 Å². The van der Waals surface area contributed by atoms with Gasteiger partial charge in [0.25, 0.3) is 5.91 Å². The first-order chi connectivity index (χ1) is 14.2. The minimum Gasteiger partial charge on any atom is -0.484 e. The van der Waals surface area contributed by atoms with Crippen molar-refractivity contribution in [3.05, 3.63) is 18.2 Å². The molecule has 1 saturated carbocycles. The SMILES string of the molecule is CCN(CC1CC2(CCCCCCC2)CS1)C(=O)COc1ccc2c(c1)OCO2. The van der Waals surface area contributed by atoms with Crippen LogP contribution in [-0.4, -0.2) is 48.3 Å². The van der Waals surface area contributed by atoms with Crippen LogP contribution < -0.4 is 14.2 Å². The highest BCUT2D eigenvalue weighted by Crippen LogP contribution is 2.49. The van der Waals surface area contributed by atoms with E-state index in [0.717, 1.165) is 18.8 Å². The molecule has 160 valence electrons. The molecule has 1 aromatic carbocycles. The molecule has 1 saturated heterocycles. The Bertz CT molecular complexity index is 702. The number of hydrogen-bond donors (Lipinski definition) is 0. The van der Waals surface area contributed by atoms with Crippen LogP contribution in [0.2, 0.25) is 0 Å². The third-order valence-corrected chi connectivity index (χ3v) is 8.13. The Hall–Kier alpha value is -1.56. The van der Waals surface area contributed by atoms with Crippen LogP contribution in [-0.2, 0) is 4.79 Å². The van der Waals surface area contributed by atoms with E-state index in [4.69, 9.17) is 14.2 Å². The molecule has 2 heterocycles. The van der Waals surface area contributed by atoms with Crippen molar-refractivity contribution in [1.82, 2.24) is 4.90 Å². The van der Waals surface area contributed by atoms with Crippen LogP contribution >= 0.6 is 11.8 Å². The molecule has 1 unspecified atom stereocenters. The van der Waals surface area contributed by atoms with Crippen LogP contribution in [0.3, 0.4) is 0 Å². The molecule has 1 atom stereocenters. The molecular formula is C23H33NO4S. The van der Waals surface area contributed by atoms with Crippen molar-refractivity contribution in [2.24, 2.45) is 5.41 Å². The van der Waals surface area contributed by atoms with E-state index in [0.29, 0.717) is 22.2 Å². The Morgan fingerprint density at radius 1 is 1.17 bits per heavy atom. The van der Waals surface area contributed by atoms with Crippen molar-refractivity contribution in [2.45, 2.75) is 63.5 Å². The lowest BCUT2D eigenvalue weighted by molar-refractivity contribution is -0.133. The van der Waals surface area contributed by atoms with E-state index in [9.17, 15) is 4.79 Å². The van der Waals surface area contributed by atoms with E-state index in [1.54, 1.807) is 6.07 Å². The van der Waals surface area contributed by atoms with Crippen LogP contribution in [0.4, 0.5) is 0 Å². The monoisotopic (exact) mass is 419 g/mol. The summed E-state index contributed by atoms with van der Waals surface area (Å²) >= 11 is 2.09. The number of carbonyl (C=O) groups is 1. The molecule has 2 aliphatic heterocycles. The fourth-order valence-corrected chi connectivity index (χ4v) is 6.63. The molecule has 2 fully saturated rings. The highest BCUT2D eigenvalue weighted by atomic mass is 32.2. The third-order valence-electron chi connectivity index (χ3n) is 6.56. The van der Waals surface area contributed by atoms with Gasteiger partial charge in [-0.15, -0.1) is 0 Å². The van der Waals surface area contributed by atoms with Gasteiger partial charge in [0.15, 0.2) is 18.1 Å². The molecule has 0 aromatic heterocycles. The van der Waals surface area contributed by atoms with Crippen LogP contribution in [0.5, 0.6) is 17.2 Å². The zero-order valence-electron chi connectivity index (χ0n) is 17.5. The normalized spacial score (nSPS) is 22.9. The number of hydrogen-bond acceptors (Lipinski definition) is 5. The number of benzene rings is 1. The van der Waals surface area contributed by atoms with Gasteiger partial charge < -0.3 is 19.1 Å². The average Bonchev–Trinajstić information content (AvgIpc) is 3.34. The van der Waals surface area contributed by atoms with E-state index < -0.39 is 0 Å². The van der Waals surface area contributed by atoms with Crippen LogP contribution in [0, 0.1) is 5.41 Å². The summed E-state index contributed by atoms with van der Waals surface area (Å²) in [7, 11) is 0. The summed E-state index contributed by atoms with van der Waals surface area (Å²) in [6.07, 6.45) is 11.0. The number of ether oxygens (including phenoxy) is 3. The second kappa shape index (κ2) is 9.50. The predicted molar refractivity (Wildman–Crippen MR) is 116 cm³/mol. The lowest BCUT2D eigenvalue weighted by Crippen LogP contribution is -2.39. The van der Waals surface area contributed by atoms with E-state index in [2.05, 4.69) is 18.7 Å². The Balaban J connectivity index is 1.28. The molecule has 29 heavy (non-hydrogen) atoms. The van der Waals surface area contributed by atoms with Gasteiger partial charge in [-0.25, -0.2) is 0 Å². The lowest BCUT2D eigenvalue weighted by atomic mass is 9.75. The maximum Gasteiger partial charge on any atom is 0.260 e. The van der Waals surface area contributed by atoms with Gasteiger partial charge in [-0.05, 0) is 49.5 Å². The second-order valence-electron chi connectivity index (χ2n) is 8.64. The minimum absolute atomic E-state index is 0.0596. The van der Waals surface area contributed by atoms with Crippen molar-refractivity contribution in [3.63, 3.8) is 0 Å². The number of thioether (sulfide) groups is 1. The predicted octanol–water partition coefficient (Wildman–Crippen LogP) is 4.88. The zero-order chi connectivity index (χ0) is 20.1. The van der Waals surface area contributed by atoms with Gasteiger partial charge in [0.1, 0.15) is 5.75 Å². The number of rotatable bonds is 6. The highest BCUT2D eigenvalue weighted by Gasteiger charge is 2.39. The maximum atomic E-state index is 12.8. The number of amides is 1. The molecule has 5 nitrogen and oxygen atoms in total. The molecular weight excluding hydrogens is 386 g/mol. The second-order valence-corrected chi connectivity index (χ2v) is 9.93. The van der Waals surface area contributed by atoms with Gasteiger partial charge in [0.05, 0.1) is 0 Å². The van der Waals surface area contributed by atoms with Crippen molar-refractivity contribution >= 4 is 17.7 Å². The largest absolute Gasteiger partial charge is 0.484 e. The fourth-order valence-electron chi connectivity index (χ4n) is 4.87. The van der Waals surface area contributed by atoms with Crippen molar-refractivity contribution < 1.29 is 19.0 Å². The van der Waals surface area contributed by atoms with Crippen molar-refractivity contribution in [1.29, 1.82) is 0 Å². The summed E-state index contributed by atoms with van der Waals surface area (Å²) < 4.78 is 16.4. The maximum absolute atomic E-state index is 12.8. The van der Waals surface area contributed by atoms with E-state index >= 15 is 0 Å². The van der Waals surface area contributed by atoms with Gasteiger partial charge in [-0.3, -0.25) is 4.79 Å². The molecule has 1 spiro atoms. The first-order valence-electron chi connectivity index (χ1n) is 11.1. The number of carbonyl (C=O) groups excluding carboxylic acids is 1. The summed E-state index contributed by atoms with van der Waals surface area (Å²) in [5.41, 5.74) is 0.529. The number of fused-ring (bicyclic) bond motifs is 1. The molecule has 6 heteroatoms. The molecule has 1 aromatic rings. The molecule has 1 aliphatic carbocycles. The molecule has 1 amide bonds. The Labute approximate surface area is 178 Å². The van der Waals surface area contributed by atoms with Gasteiger partial charge in [0, 0.05) is 24.4 Å². The summed E-state index contributed by atoms with van der Waals surface area (Å²) in [6.45, 7) is 3.93. The first kappa shape index (κ1) is 20.7. The zero-order valence-corrected chi connectivity index (χ0v) is 18.3.